The van der Waals surface area contributed by atoms with Crippen LogP contribution in [0.5, 0.6) is 0 Å². The van der Waals surface area contributed by atoms with Crippen molar-refractivity contribution in [1.82, 2.24) is 10.2 Å². The summed E-state index contributed by atoms with van der Waals surface area (Å²) in [6.07, 6.45) is 7.61. The number of nitrogens with one attached hydrogen (secondary N) is 1. The van der Waals surface area contributed by atoms with Gasteiger partial charge < -0.3 is 15.3 Å². The van der Waals surface area contributed by atoms with E-state index < -0.39 is 5.97 Å². The molecule has 1 saturated heterocycles. The first kappa shape index (κ1) is 15.2. The molecule has 5 nitrogen and oxygen atoms in total. The number of carboxylic acid groups (broad SMARTS) is 1. The molecule has 2 aliphatic rings. The normalized spacial score (nSPS) is 26.3. The van der Waals surface area contributed by atoms with E-state index >= 15 is 0 Å². The summed E-state index contributed by atoms with van der Waals surface area (Å²) in [5, 5.41) is 11.9. The van der Waals surface area contributed by atoms with Gasteiger partial charge in [0.15, 0.2) is 0 Å². The fraction of sp³-hybridized carbons (Fsp3) is 0.714. The van der Waals surface area contributed by atoms with Crippen molar-refractivity contribution < 1.29 is 14.7 Å². The molecule has 2 rings (SSSR count). The van der Waals surface area contributed by atoms with E-state index in [1.54, 1.807) is 16.7 Å². The van der Waals surface area contributed by atoms with Crippen molar-refractivity contribution >= 4 is 23.8 Å². The number of urea groups is 1. The standard InChI is InChI=1S/C14H22N2O3S/c17-13(18)8-12-10-20-7-6-16(12)14(19)15-9-11-4-2-1-3-5-11/h1-2,11-12H,3-10H2,(H,15,19)(H,17,18). The van der Waals surface area contributed by atoms with E-state index in [9.17, 15) is 9.59 Å². The molecule has 2 N–H and O–H groups in total. The highest BCUT2D eigenvalue weighted by molar-refractivity contribution is 7.99. The van der Waals surface area contributed by atoms with Crippen LogP contribution in [0.1, 0.15) is 25.7 Å². The van der Waals surface area contributed by atoms with Crippen molar-refractivity contribution in [2.24, 2.45) is 5.92 Å². The van der Waals surface area contributed by atoms with Crippen LogP contribution in [0.3, 0.4) is 0 Å². The Morgan fingerprint density at radius 1 is 1.40 bits per heavy atom. The molecule has 0 aromatic heterocycles. The Labute approximate surface area is 123 Å². The summed E-state index contributed by atoms with van der Waals surface area (Å²) in [6.45, 7) is 1.33. The third-order valence-corrected chi connectivity index (χ3v) is 4.91. The van der Waals surface area contributed by atoms with Gasteiger partial charge in [-0.05, 0) is 25.2 Å². The largest absolute Gasteiger partial charge is 0.481 e. The van der Waals surface area contributed by atoms with Crippen molar-refractivity contribution in [3.05, 3.63) is 12.2 Å². The van der Waals surface area contributed by atoms with Crippen LogP contribution in [-0.4, -0.2) is 52.6 Å². The number of rotatable bonds is 4. The monoisotopic (exact) mass is 298 g/mol. The molecule has 0 bridgehead atoms. The second-order valence-electron chi connectivity index (χ2n) is 5.36. The van der Waals surface area contributed by atoms with E-state index in [0.29, 0.717) is 24.8 Å². The van der Waals surface area contributed by atoms with E-state index in [0.717, 1.165) is 25.0 Å². The first-order valence-electron chi connectivity index (χ1n) is 7.16. The summed E-state index contributed by atoms with van der Waals surface area (Å²) in [7, 11) is 0. The lowest BCUT2D eigenvalue weighted by Gasteiger charge is -2.35. The van der Waals surface area contributed by atoms with Gasteiger partial charge in [-0.1, -0.05) is 12.2 Å². The molecular weight excluding hydrogens is 276 g/mol. The summed E-state index contributed by atoms with van der Waals surface area (Å²) in [5.74, 6) is 1.27. The van der Waals surface area contributed by atoms with Crippen molar-refractivity contribution in [3.63, 3.8) is 0 Å². The third kappa shape index (κ3) is 4.44. The second kappa shape index (κ2) is 7.57. The van der Waals surface area contributed by atoms with E-state index in [1.165, 1.54) is 0 Å². The zero-order chi connectivity index (χ0) is 14.4. The maximum absolute atomic E-state index is 12.2. The van der Waals surface area contributed by atoms with Crippen LogP contribution >= 0.6 is 11.8 Å². The molecule has 0 aromatic carbocycles. The topological polar surface area (TPSA) is 69.6 Å². The molecule has 1 fully saturated rings. The molecule has 20 heavy (non-hydrogen) atoms. The average Bonchev–Trinajstić information content (AvgIpc) is 2.46. The van der Waals surface area contributed by atoms with E-state index in [-0.39, 0.29) is 18.5 Å². The summed E-state index contributed by atoms with van der Waals surface area (Å²) < 4.78 is 0. The van der Waals surface area contributed by atoms with E-state index in [2.05, 4.69) is 17.5 Å². The summed E-state index contributed by atoms with van der Waals surface area (Å²) >= 11 is 1.72. The summed E-state index contributed by atoms with van der Waals surface area (Å²) in [5.41, 5.74) is 0. The lowest BCUT2D eigenvalue weighted by atomic mass is 9.94. The second-order valence-corrected chi connectivity index (χ2v) is 6.51. The Morgan fingerprint density at radius 2 is 2.25 bits per heavy atom. The molecule has 0 aromatic rings. The lowest BCUT2D eigenvalue weighted by molar-refractivity contribution is -0.137. The number of allylic oxidation sites excluding steroid dienone is 2. The molecule has 2 unspecified atom stereocenters. The Bertz CT molecular complexity index is 387. The highest BCUT2D eigenvalue weighted by Crippen LogP contribution is 2.20. The van der Waals surface area contributed by atoms with Gasteiger partial charge in [0.05, 0.1) is 12.5 Å². The Balaban J connectivity index is 1.82. The molecule has 1 heterocycles. The molecule has 1 aliphatic heterocycles. The number of hydrogen-bond donors (Lipinski definition) is 2. The van der Waals surface area contributed by atoms with Crippen LogP contribution in [0.4, 0.5) is 4.79 Å². The zero-order valence-electron chi connectivity index (χ0n) is 11.6. The van der Waals surface area contributed by atoms with Crippen LogP contribution in [0, 0.1) is 5.92 Å². The van der Waals surface area contributed by atoms with Crippen molar-refractivity contribution in [2.45, 2.75) is 31.7 Å². The van der Waals surface area contributed by atoms with Crippen LogP contribution in [-0.2, 0) is 4.79 Å². The van der Waals surface area contributed by atoms with Crippen molar-refractivity contribution in [1.29, 1.82) is 0 Å². The van der Waals surface area contributed by atoms with Gasteiger partial charge in [0.1, 0.15) is 0 Å². The van der Waals surface area contributed by atoms with Gasteiger partial charge in [-0.15, -0.1) is 0 Å². The molecular formula is C14H22N2O3S. The number of carbonyl (C=O) groups excluding carboxylic acids is 1. The predicted octanol–water partition coefficient (Wildman–Crippen LogP) is 1.94. The van der Waals surface area contributed by atoms with Gasteiger partial charge in [0.2, 0.25) is 0 Å². The third-order valence-electron chi connectivity index (χ3n) is 3.82. The summed E-state index contributed by atoms with van der Waals surface area (Å²) in [6, 6.07) is -0.288. The fourth-order valence-corrected chi connectivity index (χ4v) is 3.73. The minimum absolute atomic E-state index is 0.0343. The Kier molecular flexibility index (Phi) is 5.76. The van der Waals surface area contributed by atoms with Gasteiger partial charge >= 0.3 is 12.0 Å². The maximum atomic E-state index is 12.2. The highest BCUT2D eigenvalue weighted by atomic mass is 32.2. The molecule has 1 aliphatic carbocycles. The van der Waals surface area contributed by atoms with Gasteiger partial charge in [-0.3, -0.25) is 4.79 Å². The van der Waals surface area contributed by atoms with Crippen LogP contribution in [0.2, 0.25) is 0 Å². The summed E-state index contributed by atoms with van der Waals surface area (Å²) in [4.78, 5) is 24.8. The molecule has 0 saturated carbocycles. The zero-order valence-corrected chi connectivity index (χ0v) is 12.4. The number of amides is 2. The quantitative estimate of drug-likeness (QED) is 0.778. The number of carboxylic acids is 1. The smallest absolute Gasteiger partial charge is 0.317 e. The van der Waals surface area contributed by atoms with Gasteiger partial charge in [-0.25, -0.2) is 4.79 Å². The lowest BCUT2D eigenvalue weighted by Crippen LogP contribution is -2.51. The number of carbonyl (C=O) groups is 2. The molecule has 6 heteroatoms. The van der Waals surface area contributed by atoms with Crippen molar-refractivity contribution in [3.8, 4) is 0 Å². The highest BCUT2D eigenvalue weighted by Gasteiger charge is 2.29. The van der Waals surface area contributed by atoms with Gasteiger partial charge in [0.25, 0.3) is 0 Å². The molecule has 0 radical (unpaired) electrons. The average molecular weight is 298 g/mol. The SMILES string of the molecule is O=C(O)CC1CSCCN1C(=O)NCC1CC=CCC1. The molecule has 2 atom stereocenters. The predicted molar refractivity (Wildman–Crippen MR) is 80.0 cm³/mol. The van der Waals surface area contributed by atoms with Crippen LogP contribution in [0.15, 0.2) is 12.2 Å². The molecule has 0 spiro atoms. The first-order chi connectivity index (χ1) is 9.66. The first-order valence-corrected chi connectivity index (χ1v) is 8.31. The Morgan fingerprint density at radius 3 is 2.95 bits per heavy atom. The van der Waals surface area contributed by atoms with E-state index in [4.69, 9.17) is 5.11 Å². The number of thioether (sulfide) groups is 1. The van der Waals surface area contributed by atoms with E-state index in [1.807, 2.05) is 0 Å². The number of aliphatic carboxylic acids is 1. The van der Waals surface area contributed by atoms with Gasteiger partial charge in [-0.2, -0.15) is 11.8 Å². The number of nitrogens with zero attached hydrogens (tertiary/aromatic N) is 1. The van der Waals surface area contributed by atoms with Crippen LogP contribution in [0.25, 0.3) is 0 Å². The fourth-order valence-electron chi connectivity index (χ4n) is 2.67. The maximum Gasteiger partial charge on any atom is 0.317 e. The van der Waals surface area contributed by atoms with Crippen LogP contribution < -0.4 is 5.32 Å². The van der Waals surface area contributed by atoms with Gasteiger partial charge in [0, 0.05) is 24.6 Å². The minimum Gasteiger partial charge on any atom is -0.481 e. The van der Waals surface area contributed by atoms with Crippen molar-refractivity contribution in [2.75, 3.05) is 24.6 Å². The minimum atomic E-state index is -0.840. The molecule has 112 valence electrons. The number of hydrogen-bond acceptors (Lipinski definition) is 3. The molecule has 2 amide bonds. The Hall–Kier alpha value is -1.17.